The lowest BCUT2D eigenvalue weighted by atomic mass is 10.2. The zero-order valence-corrected chi connectivity index (χ0v) is 19.3. The predicted molar refractivity (Wildman–Crippen MR) is 119 cm³/mol. The maximum atomic E-state index is 12.3. The van der Waals surface area contributed by atoms with Crippen LogP contribution in [0, 0.1) is 6.92 Å². The molecule has 0 saturated heterocycles. The Labute approximate surface area is 185 Å². The van der Waals surface area contributed by atoms with Crippen molar-refractivity contribution in [1.29, 1.82) is 0 Å². The van der Waals surface area contributed by atoms with Gasteiger partial charge >= 0.3 is 12.1 Å². The average Bonchev–Trinajstić information content (AvgIpc) is 3.08. The van der Waals surface area contributed by atoms with Gasteiger partial charge in [0.25, 0.3) is 5.91 Å². The molecule has 0 aliphatic rings. The van der Waals surface area contributed by atoms with E-state index in [0.29, 0.717) is 15.6 Å². The smallest absolute Gasteiger partial charge is 0.412 e. The van der Waals surface area contributed by atoms with Gasteiger partial charge in [0.1, 0.15) is 16.3 Å². The molecule has 2 aromatic rings. The van der Waals surface area contributed by atoms with Gasteiger partial charge in [-0.15, -0.1) is 11.3 Å². The Morgan fingerprint density at radius 3 is 2.23 bits per heavy atom. The number of carboxylic acid groups (broad SMARTS) is 1. The molecule has 1 aromatic carbocycles. The standard InChI is InChI=1S/C19H23N3O6S.C2H6/c1-10-14(15(24)21-13(9-23)17(25)26)22-16(29-10)11-5-7-12(8-6-11)20-18(27)28-19(2,3)4;1-2/h5-8,13,23H,9H2,1-4H3,(H,20,27)(H,21,24)(H,25,26);1-2H3. The molecule has 1 aromatic heterocycles. The van der Waals surface area contributed by atoms with E-state index in [-0.39, 0.29) is 5.69 Å². The first-order valence-electron chi connectivity index (χ1n) is 9.72. The molecule has 0 spiro atoms. The number of hydrogen-bond acceptors (Lipinski definition) is 7. The van der Waals surface area contributed by atoms with Crippen LogP contribution in [0.5, 0.6) is 0 Å². The molecule has 2 amide bonds. The maximum absolute atomic E-state index is 12.3. The second kappa shape index (κ2) is 11.4. The summed E-state index contributed by atoms with van der Waals surface area (Å²) in [6.45, 7) is 10.3. The van der Waals surface area contributed by atoms with Crippen LogP contribution in [0.2, 0.25) is 0 Å². The lowest BCUT2D eigenvalue weighted by Gasteiger charge is -2.19. The minimum absolute atomic E-state index is 0.0978. The summed E-state index contributed by atoms with van der Waals surface area (Å²) in [6.07, 6.45) is -0.564. The fourth-order valence-corrected chi connectivity index (χ4v) is 3.18. The minimum atomic E-state index is -1.40. The number of nitrogens with one attached hydrogen (secondary N) is 2. The molecule has 0 radical (unpaired) electrons. The van der Waals surface area contributed by atoms with E-state index in [1.54, 1.807) is 52.0 Å². The van der Waals surface area contributed by atoms with E-state index >= 15 is 0 Å². The highest BCUT2D eigenvalue weighted by Gasteiger charge is 2.23. The first-order chi connectivity index (χ1) is 14.5. The van der Waals surface area contributed by atoms with Crippen LogP contribution in [0.3, 0.4) is 0 Å². The number of aryl methyl sites for hydroxylation is 1. The van der Waals surface area contributed by atoms with E-state index in [9.17, 15) is 14.4 Å². The van der Waals surface area contributed by atoms with Crippen LogP contribution in [0.1, 0.15) is 50.0 Å². The van der Waals surface area contributed by atoms with Crippen molar-refractivity contribution in [2.45, 2.75) is 53.2 Å². The lowest BCUT2D eigenvalue weighted by molar-refractivity contribution is -0.140. The second-order valence-corrected chi connectivity index (χ2v) is 8.38. The molecule has 0 fully saturated rings. The molecule has 1 unspecified atom stereocenters. The number of amides is 2. The monoisotopic (exact) mass is 451 g/mol. The number of aliphatic hydroxyl groups is 1. The summed E-state index contributed by atoms with van der Waals surface area (Å²) in [5.41, 5.74) is 0.765. The third kappa shape index (κ3) is 7.99. The van der Waals surface area contributed by atoms with E-state index in [2.05, 4.69) is 15.6 Å². The number of anilines is 1. The van der Waals surface area contributed by atoms with E-state index in [1.807, 2.05) is 13.8 Å². The van der Waals surface area contributed by atoms with Gasteiger partial charge in [0.2, 0.25) is 0 Å². The number of benzene rings is 1. The van der Waals surface area contributed by atoms with Crippen molar-refractivity contribution in [3.05, 3.63) is 34.8 Å². The molecule has 0 aliphatic heterocycles. The van der Waals surface area contributed by atoms with Crippen LogP contribution in [-0.4, -0.2) is 51.4 Å². The van der Waals surface area contributed by atoms with Crippen LogP contribution < -0.4 is 10.6 Å². The number of aliphatic hydroxyl groups excluding tert-OH is 1. The van der Waals surface area contributed by atoms with E-state index in [4.69, 9.17) is 14.9 Å². The summed E-state index contributed by atoms with van der Waals surface area (Å²) in [5.74, 6) is -2.00. The number of carboxylic acids is 1. The zero-order valence-electron chi connectivity index (χ0n) is 18.5. The molecule has 170 valence electrons. The number of aliphatic carboxylic acids is 1. The van der Waals surface area contributed by atoms with Crippen molar-refractivity contribution in [3.8, 4) is 10.6 Å². The van der Waals surface area contributed by atoms with Crippen LogP contribution >= 0.6 is 11.3 Å². The highest BCUT2D eigenvalue weighted by molar-refractivity contribution is 7.15. The Morgan fingerprint density at radius 1 is 1.16 bits per heavy atom. The van der Waals surface area contributed by atoms with Gasteiger partial charge in [0.05, 0.1) is 6.61 Å². The summed E-state index contributed by atoms with van der Waals surface area (Å²) in [6, 6.07) is 5.44. The van der Waals surface area contributed by atoms with E-state index in [1.165, 1.54) is 11.3 Å². The third-order valence-corrected chi connectivity index (χ3v) is 4.59. The van der Waals surface area contributed by atoms with Gasteiger partial charge in [-0.1, -0.05) is 13.8 Å². The van der Waals surface area contributed by atoms with Crippen molar-refractivity contribution in [2.24, 2.45) is 0 Å². The van der Waals surface area contributed by atoms with Crippen molar-refractivity contribution in [1.82, 2.24) is 10.3 Å². The number of ether oxygens (including phenoxy) is 1. The molecule has 0 bridgehead atoms. The van der Waals surface area contributed by atoms with Crippen molar-refractivity contribution < 1.29 is 29.3 Å². The predicted octanol–water partition coefficient (Wildman–Crippen LogP) is 3.67. The minimum Gasteiger partial charge on any atom is -0.480 e. The van der Waals surface area contributed by atoms with Crippen molar-refractivity contribution in [2.75, 3.05) is 11.9 Å². The van der Waals surface area contributed by atoms with Crippen LogP contribution in [0.15, 0.2) is 24.3 Å². The van der Waals surface area contributed by atoms with Gasteiger partial charge in [-0.25, -0.2) is 14.6 Å². The van der Waals surface area contributed by atoms with Gasteiger partial charge < -0.3 is 20.3 Å². The summed E-state index contributed by atoms with van der Waals surface area (Å²) in [5, 5.41) is 23.4. The van der Waals surface area contributed by atoms with E-state index in [0.717, 1.165) is 5.56 Å². The van der Waals surface area contributed by atoms with Crippen LogP contribution in [-0.2, 0) is 9.53 Å². The van der Waals surface area contributed by atoms with Gasteiger partial charge in [-0.2, -0.15) is 0 Å². The number of carbonyl (C=O) groups excluding carboxylic acids is 2. The summed E-state index contributed by atoms with van der Waals surface area (Å²) in [7, 11) is 0. The van der Waals surface area contributed by atoms with Gasteiger partial charge in [0, 0.05) is 16.1 Å². The number of rotatable bonds is 6. The van der Waals surface area contributed by atoms with Gasteiger partial charge in [-0.3, -0.25) is 10.1 Å². The van der Waals surface area contributed by atoms with Crippen molar-refractivity contribution in [3.63, 3.8) is 0 Å². The summed E-state index contributed by atoms with van der Waals surface area (Å²) in [4.78, 5) is 39.9. The molecule has 9 nitrogen and oxygen atoms in total. The number of thiazole rings is 1. The molecule has 1 heterocycles. The van der Waals surface area contributed by atoms with E-state index < -0.39 is 36.2 Å². The third-order valence-electron chi connectivity index (χ3n) is 3.57. The fraction of sp³-hybridized carbons (Fsp3) is 0.429. The Morgan fingerprint density at radius 2 is 1.74 bits per heavy atom. The molecular weight excluding hydrogens is 422 g/mol. The Balaban J connectivity index is 0.00000233. The van der Waals surface area contributed by atoms with Gasteiger partial charge in [-0.05, 0) is 52.0 Å². The van der Waals surface area contributed by atoms with Crippen molar-refractivity contribution >= 4 is 35.0 Å². The first-order valence-corrected chi connectivity index (χ1v) is 10.5. The second-order valence-electron chi connectivity index (χ2n) is 7.17. The molecule has 0 saturated carbocycles. The summed E-state index contributed by atoms with van der Waals surface area (Å²) < 4.78 is 5.20. The topological polar surface area (TPSA) is 138 Å². The van der Waals surface area contributed by atoms with Crippen LogP contribution in [0.25, 0.3) is 10.6 Å². The number of aromatic nitrogens is 1. The highest BCUT2D eigenvalue weighted by Crippen LogP contribution is 2.28. The molecule has 1 atom stereocenters. The number of hydrogen-bond donors (Lipinski definition) is 4. The maximum Gasteiger partial charge on any atom is 0.412 e. The lowest BCUT2D eigenvalue weighted by Crippen LogP contribution is -2.43. The Bertz CT molecular complexity index is 903. The molecular formula is C21H29N3O6S. The summed E-state index contributed by atoms with van der Waals surface area (Å²) >= 11 is 1.27. The number of nitrogens with zero attached hydrogens (tertiary/aromatic N) is 1. The van der Waals surface area contributed by atoms with Gasteiger partial charge in [0.15, 0.2) is 6.04 Å². The molecule has 31 heavy (non-hydrogen) atoms. The molecule has 4 N–H and O–H groups in total. The first kappa shape index (κ1) is 26.1. The Hall–Kier alpha value is -2.98. The molecule has 10 heteroatoms. The highest BCUT2D eigenvalue weighted by atomic mass is 32.1. The SMILES string of the molecule is CC.Cc1sc(-c2ccc(NC(=O)OC(C)(C)C)cc2)nc1C(=O)NC(CO)C(=O)O. The fourth-order valence-electron chi connectivity index (χ4n) is 2.26. The zero-order chi connectivity index (χ0) is 23.8. The largest absolute Gasteiger partial charge is 0.480 e. The van der Waals surface area contributed by atoms with Crippen LogP contribution in [0.4, 0.5) is 10.5 Å². The average molecular weight is 452 g/mol. The molecule has 0 aliphatic carbocycles. The Kier molecular flexibility index (Phi) is 9.60. The quantitative estimate of drug-likeness (QED) is 0.526. The normalized spacial score (nSPS) is 11.6. The molecule has 2 rings (SSSR count). The number of carbonyl (C=O) groups is 3.